The Kier molecular flexibility index (Phi) is 6.16. The van der Waals surface area contributed by atoms with Crippen molar-refractivity contribution in [1.29, 1.82) is 0 Å². The third-order valence-corrected chi connectivity index (χ3v) is 5.61. The van der Waals surface area contributed by atoms with Crippen LogP contribution in [0.3, 0.4) is 0 Å². The van der Waals surface area contributed by atoms with E-state index in [1.807, 2.05) is 20.8 Å². The summed E-state index contributed by atoms with van der Waals surface area (Å²) in [5.74, 6) is 0. The number of aromatic nitrogens is 2. The number of carbonyl (C=O) groups is 1. The van der Waals surface area contributed by atoms with Crippen molar-refractivity contribution in [2.45, 2.75) is 64.3 Å². The summed E-state index contributed by atoms with van der Waals surface area (Å²) in [5, 5.41) is 9.91. The van der Waals surface area contributed by atoms with E-state index in [1.54, 1.807) is 11.0 Å². The monoisotopic (exact) mass is 427 g/mol. The molecule has 1 amide bonds. The molecule has 0 N–H and O–H groups in total. The molecule has 1 saturated heterocycles. The number of rotatable bonds is 4. The van der Waals surface area contributed by atoms with E-state index in [1.165, 1.54) is 23.5 Å². The molecule has 0 bridgehead atoms. The van der Waals surface area contributed by atoms with Gasteiger partial charge in [0.25, 0.3) is 0 Å². The number of likely N-dealkylation sites (tertiary alicyclic amines) is 1. The standard InChI is InChI=1S/C20H24F3N3O2S/c1-19(2,3)28-18(27)26-11-5-8-15(26)17-25-24-16(29-17)10-9-13-6-4-7-14(12-13)20(21,22)23/h4,6-7,12,15H,5,8-11H2,1-3H3. The first-order valence-corrected chi connectivity index (χ1v) is 10.3. The van der Waals surface area contributed by atoms with Crippen molar-refractivity contribution in [3.8, 4) is 0 Å². The second-order valence-electron chi connectivity index (χ2n) is 8.06. The number of hydrogen-bond donors (Lipinski definition) is 0. The number of benzene rings is 1. The number of alkyl halides is 3. The number of halogens is 3. The largest absolute Gasteiger partial charge is 0.444 e. The lowest BCUT2D eigenvalue weighted by Gasteiger charge is -2.27. The Bertz CT molecular complexity index is 861. The Morgan fingerprint density at radius 1 is 1.24 bits per heavy atom. The maximum atomic E-state index is 12.8. The molecule has 1 aromatic carbocycles. The average molecular weight is 427 g/mol. The third-order valence-electron chi connectivity index (χ3n) is 4.53. The van der Waals surface area contributed by atoms with E-state index in [9.17, 15) is 18.0 Å². The molecule has 29 heavy (non-hydrogen) atoms. The van der Waals surface area contributed by atoms with E-state index in [4.69, 9.17) is 4.74 Å². The number of aryl methyl sites for hydroxylation is 2. The van der Waals surface area contributed by atoms with Gasteiger partial charge in [-0.3, -0.25) is 4.90 Å². The number of hydrogen-bond acceptors (Lipinski definition) is 5. The maximum absolute atomic E-state index is 12.8. The van der Waals surface area contributed by atoms with E-state index in [0.29, 0.717) is 24.9 Å². The zero-order chi connectivity index (χ0) is 21.2. The van der Waals surface area contributed by atoms with Crippen LogP contribution in [0.2, 0.25) is 0 Å². The number of carbonyl (C=O) groups excluding carboxylic acids is 1. The summed E-state index contributed by atoms with van der Waals surface area (Å²) < 4.78 is 44.0. The number of ether oxygens (including phenoxy) is 1. The number of amides is 1. The predicted octanol–water partition coefficient (Wildman–Crippen LogP) is 5.41. The molecule has 3 rings (SSSR count). The first kappa shape index (κ1) is 21.5. The molecule has 1 unspecified atom stereocenters. The molecule has 1 aliphatic rings. The van der Waals surface area contributed by atoms with Crippen LogP contribution in [0.15, 0.2) is 24.3 Å². The van der Waals surface area contributed by atoms with Crippen LogP contribution in [0.4, 0.5) is 18.0 Å². The van der Waals surface area contributed by atoms with E-state index < -0.39 is 17.3 Å². The highest BCUT2D eigenvalue weighted by atomic mass is 32.1. The summed E-state index contributed by atoms with van der Waals surface area (Å²) in [6.07, 6.45) is -2.11. The van der Waals surface area contributed by atoms with Crippen molar-refractivity contribution in [2.24, 2.45) is 0 Å². The molecule has 0 saturated carbocycles. The SMILES string of the molecule is CC(C)(C)OC(=O)N1CCCC1c1nnc(CCc2cccc(C(F)(F)F)c2)s1. The molecule has 2 aromatic rings. The zero-order valence-corrected chi connectivity index (χ0v) is 17.4. The maximum Gasteiger partial charge on any atom is 0.416 e. The van der Waals surface area contributed by atoms with Crippen LogP contribution in [-0.2, 0) is 23.8 Å². The van der Waals surface area contributed by atoms with E-state index >= 15 is 0 Å². The van der Waals surface area contributed by atoms with Gasteiger partial charge in [0.2, 0.25) is 0 Å². The van der Waals surface area contributed by atoms with Gasteiger partial charge in [-0.25, -0.2) is 4.79 Å². The smallest absolute Gasteiger partial charge is 0.416 e. The van der Waals surface area contributed by atoms with E-state index in [0.717, 1.165) is 28.9 Å². The summed E-state index contributed by atoms with van der Waals surface area (Å²) in [5.41, 5.74) is -0.610. The molecule has 1 aromatic heterocycles. The molecule has 158 valence electrons. The highest BCUT2D eigenvalue weighted by Gasteiger charge is 2.35. The minimum atomic E-state index is -4.35. The van der Waals surface area contributed by atoms with Gasteiger partial charge in [-0.15, -0.1) is 10.2 Å². The van der Waals surface area contributed by atoms with Crippen molar-refractivity contribution in [1.82, 2.24) is 15.1 Å². The summed E-state index contributed by atoms with van der Waals surface area (Å²) in [7, 11) is 0. The van der Waals surface area contributed by atoms with Crippen molar-refractivity contribution < 1.29 is 22.7 Å². The molecule has 2 heterocycles. The predicted molar refractivity (Wildman–Crippen MR) is 104 cm³/mol. The normalized spacial score (nSPS) is 17.6. The van der Waals surface area contributed by atoms with Gasteiger partial charge in [0, 0.05) is 13.0 Å². The molecule has 9 heteroatoms. The Morgan fingerprint density at radius 3 is 2.69 bits per heavy atom. The van der Waals surface area contributed by atoms with Crippen LogP contribution in [0.25, 0.3) is 0 Å². The summed E-state index contributed by atoms with van der Waals surface area (Å²) in [6.45, 7) is 6.09. The van der Waals surface area contributed by atoms with Gasteiger partial charge in [0.05, 0.1) is 11.6 Å². The number of nitrogens with zero attached hydrogens (tertiary/aromatic N) is 3. The van der Waals surface area contributed by atoms with Crippen LogP contribution in [0, 0.1) is 0 Å². The van der Waals surface area contributed by atoms with Gasteiger partial charge < -0.3 is 4.74 Å². The van der Waals surface area contributed by atoms with E-state index in [-0.39, 0.29) is 12.1 Å². The Labute approximate surface area is 171 Å². The second kappa shape index (κ2) is 8.30. The quantitative estimate of drug-likeness (QED) is 0.654. The molecule has 1 atom stereocenters. The fourth-order valence-corrected chi connectivity index (χ4v) is 4.21. The molecule has 5 nitrogen and oxygen atoms in total. The fourth-order valence-electron chi connectivity index (χ4n) is 3.22. The van der Waals surface area contributed by atoms with Gasteiger partial charge in [-0.1, -0.05) is 29.5 Å². The topological polar surface area (TPSA) is 55.3 Å². The summed E-state index contributed by atoms with van der Waals surface area (Å²) in [6, 6.07) is 5.17. The molecular formula is C20H24F3N3O2S. The van der Waals surface area contributed by atoms with Crippen LogP contribution in [-0.4, -0.2) is 33.3 Å². The minimum Gasteiger partial charge on any atom is -0.444 e. The van der Waals surface area contributed by atoms with Crippen molar-refractivity contribution >= 4 is 17.4 Å². The summed E-state index contributed by atoms with van der Waals surface area (Å²) in [4.78, 5) is 14.1. The highest BCUT2D eigenvalue weighted by Crippen LogP contribution is 2.35. The zero-order valence-electron chi connectivity index (χ0n) is 16.6. The molecule has 1 fully saturated rings. The van der Waals surface area contributed by atoms with Crippen LogP contribution in [0.1, 0.15) is 60.8 Å². The van der Waals surface area contributed by atoms with Crippen molar-refractivity contribution in [3.05, 3.63) is 45.4 Å². The fraction of sp³-hybridized carbons (Fsp3) is 0.550. The van der Waals surface area contributed by atoms with Gasteiger partial charge >= 0.3 is 12.3 Å². The molecule has 1 aliphatic heterocycles. The molecule has 0 aliphatic carbocycles. The molecule has 0 spiro atoms. The van der Waals surface area contributed by atoms with Crippen molar-refractivity contribution in [2.75, 3.05) is 6.54 Å². The lowest BCUT2D eigenvalue weighted by Crippen LogP contribution is -2.36. The first-order valence-electron chi connectivity index (χ1n) is 9.51. The average Bonchev–Trinajstić information content (AvgIpc) is 3.27. The highest BCUT2D eigenvalue weighted by molar-refractivity contribution is 7.11. The van der Waals surface area contributed by atoms with Gasteiger partial charge in [0.15, 0.2) is 0 Å². The Hall–Kier alpha value is -2.16. The Balaban J connectivity index is 1.64. The lowest BCUT2D eigenvalue weighted by atomic mass is 10.1. The van der Waals surface area contributed by atoms with Gasteiger partial charge in [-0.2, -0.15) is 13.2 Å². The third kappa shape index (κ3) is 5.68. The minimum absolute atomic E-state index is 0.162. The lowest BCUT2D eigenvalue weighted by molar-refractivity contribution is -0.137. The van der Waals surface area contributed by atoms with Crippen molar-refractivity contribution in [3.63, 3.8) is 0 Å². The van der Waals surface area contributed by atoms with Crippen LogP contribution >= 0.6 is 11.3 Å². The summed E-state index contributed by atoms with van der Waals surface area (Å²) >= 11 is 1.40. The molecular weight excluding hydrogens is 403 g/mol. The Morgan fingerprint density at radius 2 is 2.00 bits per heavy atom. The first-order chi connectivity index (χ1) is 13.5. The van der Waals surface area contributed by atoms with E-state index in [2.05, 4.69) is 10.2 Å². The van der Waals surface area contributed by atoms with Gasteiger partial charge in [0.1, 0.15) is 15.6 Å². The second-order valence-corrected chi connectivity index (χ2v) is 9.16. The van der Waals surface area contributed by atoms with Crippen LogP contribution in [0.5, 0.6) is 0 Å². The molecule has 0 radical (unpaired) electrons. The van der Waals surface area contributed by atoms with Gasteiger partial charge in [-0.05, 0) is 51.7 Å². The van der Waals surface area contributed by atoms with Crippen LogP contribution < -0.4 is 0 Å².